The first-order chi connectivity index (χ1) is 9.65. The molecule has 1 N–H and O–H groups in total. The van der Waals surface area contributed by atoms with Crippen LogP contribution in [0.25, 0.3) is 0 Å². The van der Waals surface area contributed by atoms with Gasteiger partial charge in [0.15, 0.2) is 0 Å². The van der Waals surface area contributed by atoms with Gasteiger partial charge in [-0.25, -0.2) is 0 Å². The Hall–Kier alpha value is -0.830. The standard InChI is InChI=1S/C17H31N3/c1-14(2)10-18-12-17(16-6-4-5-7-16)9-8-15-11-19-20(3)13-15/h11,13-14,16-18H,4-10,12H2,1-3H3. The lowest BCUT2D eigenvalue weighted by Gasteiger charge is -2.24. The van der Waals surface area contributed by atoms with Gasteiger partial charge in [-0.1, -0.05) is 39.5 Å². The summed E-state index contributed by atoms with van der Waals surface area (Å²) in [7, 11) is 2.00. The van der Waals surface area contributed by atoms with Crippen molar-refractivity contribution in [2.45, 2.75) is 52.4 Å². The van der Waals surface area contributed by atoms with E-state index in [0.717, 1.165) is 24.3 Å². The number of nitrogens with zero attached hydrogens (tertiary/aromatic N) is 2. The monoisotopic (exact) mass is 277 g/mol. The summed E-state index contributed by atoms with van der Waals surface area (Å²) in [5, 5.41) is 7.96. The van der Waals surface area contributed by atoms with Crippen molar-refractivity contribution < 1.29 is 0 Å². The van der Waals surface area contributed by atoms with Crippen LogP contribution >= 0.6 is 0 Å². The Labute approximate surface area is 124 Å². The summed E-state index contributed by atoms with van der Waals surface area (Å²) >= 11 is 0. The van der Waals surface area contributed by atoms with Gasteiger partial charge in [-0.05, 0) is 49.2 Å². The van der Waals surface area contributed by atoms with Gasteiger partial charge in [0.25, 0.3) is 0 Å². The van der Waals surface area contributed by atoms with Crippen molar-refractivity contribution >= 4 is 0 Å². The zero-order valence-electron chi connectivity index (χ0n) is 13.4. The van der Waals surface area contributed by atoms with Crippen molar-refractivity contribution in [3.8, 4) is 0 Å². The average molecular weight is 277 g/mol. The normalized spacial score (nSPS) is 18.0. The van der Waals surface area contributed by atoms with Gasteiger partial charge in [0.1, 0.15) is 0 Å². The van der Waals surface area contributed by atoms with Crippen molar-refractivity contribution in [3.63, 3.8) is 0 Å². The second-order valence-electron chi connectivity index (χ2n) is 6.92. The fraction of sp³-hybridized carbons (Fsp3) is 0.824. The van der Waals surface area contributed by atoms with Gasteiger partial charge in [-0.15, -0.1) is 0 Å². The molecule has 2 rings (SSSR count). The maximum Gasteiger partial charge on any atom is 0.0521 e. The van der Waals surface area contributed by atoms with Gasteiger partial charge >= 0.3 is 0 Å². The molecule has 0 amide bonds. The molecule has 1 aliphatic carbocycles. The highest BCUT2D eigenvalue weighted by Gasteiger charge is 2.24. The third-order valence-corrected chi connectivity index (χ3v) is 4.59. The maximum atomic E-state index is 4.28. The van der Waals surface area contributed by atoms with Crippen LogP contribution in [-0.2, 0) is 13.5 Å². The second kappa shape index (κ2) is 7.82. The molecule has 0 saturated heterocycles. The van der Waals surface area contributed by atoms with E-state index in [1.807, 2.05) is 17.9 Å². The minimum atomic E-state index is 0.748. The Morgan fingerprint density at radius 2 is 2.05 bits per heavy atom. The maximum absolute atomic E-state index is 4.28. The van der Waals surface area contributed by atoms with Gasteiger partial charge in [-0.3, -0.25) is 4.68 Å². The fourth-order valence-electron chi connectivity index (χ4n) is 3.44. The molecule has 1 heterocycles. The number of aromatic nitrogens is 2. The number of aryl methyl sites for hydroxylation is 2. The van der Waals surface area contributed by atoms with Crippen molar-refractivity contribution in [2.75, 3.05) is 13.1 Å². The van der Waals surface area contributed by atoms with E-state index in [-0.39, 0.29) is 0 Å². The molecule has 114 valence electrons. The SMILES string of the molecule is CC(C)CNCC(CCc1cnn(C)c1)C1CCCC1. The van der Waals surface area contributed by atoms with E-state index in [1.54, 1.807) is 0 Å². The van der Waals surface area contributed by atoms with E-state index in [2.05, 4.69) is 30.5 Å². The molecule has 0 aliphatic heterocycles. The first-order valence-electron chi connectivity index (χ1n) is 8.33. The first kappa shape index (κ1) is 15.6. The molecule has 0 spiro atoms. The second-order valence-corrected chi connectivity index (χ2v) is 6.92. The van der Waals surface area contributed by atoms with E-state index in [9.17, 15) is 0 Å². The van der Waals surface area contributed by atoms with Crippen LogP contribution in [0, 0.1) is 17.8 Å². The van der Waals surface area contributed by atoms with Gasteiger partial charge < -0.3 is 5.32 Å². The highest BCUT2D eigenvalue weighted by molar-refractivity contribution is 5.03. The first-order valence-corrected chi connectivity index (χ1v) is 8.33. The molecule has 3 heteroatoms. The van der Waals surface area contributed by atoms with Gasteiger partial charge in [0, 0.05) is 13.2 Å². The predicted molar refractivity (Wildman–Crippen MR) is 84.7 cm³/mol. The Bertz CT molecular complexity index is 377. The van der Waals surface area contributed by atoms with Crippen LogP contribution < -0.4 is 5.32 Å². The summed E-state index contributed by atoms with van der Waals surface area (Å²) < 4.78 is 1.91. The van der Waals surface area contributed by atoms with Gasteiger partial charge in [0.2, 0.25) is 0 Å². The Balaban J connectivity index is 1.81. The molecule has 1 unspecified atom stereocenters. The number of rotatable bonds is 8. The van der Waals surface area contributed by atoms with Gasteiger partial charge in [0.05, 0.1) is 6.20 Å². The van der Waals surface area contributed by atoms with Crippen LogP contribution in [0.5, 0.6) is 0 Å². The highest BCUT2D eigenvalue weighted by Crippen LogP contribution is 2.33. The summed E-state index contributed by atoms with van der Waals surface area (Å²) in [6, 6.07) is 0. The molecule has 1 aromatic heterocycles. The van der Waals surface area contributed by atoms with E-state index >= 15 is 0 Å². The van der Waals surface area contributed by atoms with Crippen LogP contribution in [-0.4, -0.2) is 22.9 Å². The smallest absolute Gasteiger partial charge is 0.0521 e. The van der Waals surface area contributed by atoms with Crippen molar-refractivity contribution in [3.05, 3.63) is 18.0 Å². The lowest BCUT2D eigenvalue weighted by Crippen LogP contribution is -2.30. The topological polar surface area (TPSA) is 29.9 Å². The molecule has 1 aliphatic rings. The quantitative estimate of drug-likeness (QED) is 0.789. The van der Waals surface area contributed by atoms with Crippen LogP contribution in [0.15, 0.2) is 12.4 Å². The van der Waals surface area contributed by atoms with Crippen molar-refractivity contribution in [2.24, 2.45) is 24.8 Å². The summed E-state index contributed by atoms with van der Waals surface area (Å²) in [6.07, 6.45) is 12.4. The van der Waals surface area contributed by atoms with Crippen LogP contribution in [0.2, 0.25) is 0 Å². The molecular weight excluding hydrogens is 246 g/mol. The lowest BCUT2D eigenvalue weighted by molar-refractivity contribution is 0.300. The number of hydrogen-bond donors (Lipinski definition) is 1. The van der Waals surface area contributed by atoms with Crippen LogP contribution in [0.1, 0.15) is 51.5 Å². The number of nitrogens with one attached hydrogen (secondary N) is 1. The Morgan fingerprint density at radius 3 is 2.65 bits per heavy atom. The Morgan fingerprint density at radius 1 is 1.30 bits per heavy atom. The van der Waals surface area contributed by atoms with E-state index < -0.39 is 0 Å². The molecule has 1 fully saturated rings. The van der Waals surface area contributed by atoms with Crippen molar-refractivity contribution in [1.82, 2.24) is 15.1 Å². The summed E-state index contributed by atoms with van der Waals surface area (Å²) in [4.78, 5) is 0. The van der Waals surface area contributed by atoms with E-state index in [0.29, 0.717) is 0 Å². The molecule has 1 aromatic rings. The molecular formula is C17H31N3. The fourth-order valence-corrected chi connectivity index (χ4v) is 3.44. The zero-order valence-corrected chi connectivity index (χ0v) is 13.4. The molecule has 0 aromatic carbocycles. The minimum absolute atomic E-state index is 0.748. The van der Waals surface area contributed by atoms with E-state index in [4.69, 9.17) is 0 Å². The molecule has 1 atom stereocenters. The van der Waals surface area contributed by atoms with Crippen molar-refractivity contribution in [1.29, 1.82) is 0 Å². The summed E-state index contributed by atoms with van der Waals surface area (Å²) in [5.41, 5.74) is 1.39. The molecule has 0 bridgehead atoms. The third kappa shape index (κ3) is 4.93. The van der Waals surface area contributed by atoms with Gasteiger partial charge in [-0.2, -0.15) is 5.10 Å². The number of hydrogen-bond acceptors (Lipinski definition) is 2. The molecule has 1 saturated carbocycles. The van der Waals surface area contributed by atoms with E-state index in [1.165, 1.54) is 50.6 Å². The summed E-state index contributed by atoms with van der Waals surface area (Å²) in [6.45, 7) is 6.92. The molecule has 20 heavy (non-hydrogen) atoms. The average Bonchev–Trinajstić information content (AvgIpc) is 3.04. The third-order valence-electron chi connectivity index (χ3n) is 4.59. The highest BCUT2D eigenvalue weighted by atomic mass is 15.2. The zero-order chi connectivity index (χ0) is 14.4. The van der Waals surface area contributed by atoms with Crippen LogP contribution in [0.3, 0.4) is 0 Å². The lowest BCUT2D eigenvalue weighted by atomic mass is 9.86. The predicted octanol–water partition coefficient (Wildman–Crippen LogP) is 3.40. The largest absolute Gasteiger partial charge is 0.316 e. The Kier molecular flexibility index (Phi) is 6.08. The molecule has 0 radical (unpaired) electrons. The molecule has 3 nitrogen and oxygen atoms in total. The minimum Gasteiger partial charge on any atom is -0.316 e. The summed E-state index contributed by atoms with van der Waals surface area (Å²) in [5.74, 6) is 2.54. The van der Waals surface area contributed by atoms with Crippen LogP contribution in [0.4, 0.5) is 0 Å².